The number of carbonyl (C=O) groups is 1. The van der Waals surface area contributed by atoms with E-state index in [0.29, 0.717) is 0 Å². The topological polar surface area (TPSA) is 119 Å². The third-order valence-corrected chi connectivity index (χ3v) is 8.22. The number of carbonyl (C=O) groups excluding carboxylic acids is 1. The van der Waals surface area contributed by atoms with Crippen LogP contribution in [0.5, 0.6) is 0 Å². The van der Waals surface area contributed by atoms with Gasteiger partial charge in [0, 0.05) is 0 Å². The Bertz CT molecular complexity index is 686. The van der Waals surface area contributed by atoms with Crippen LogP contribution in [0.15, 0.2) is 36.9 Å². The summed E-state index contributed by atoms with van der Waals surface area (Å²) in [7, 11) is -4.21. The molecule has 0 aliphatic rings. The Morgan fingerprint density at radius 2 is 2.19 bits per heavy atom. The van der Waals surface area contributed by atoms with Gasteiger partial charge in [-0.3, -0.25) is 0 Å². The quantitative estimate of drug-likeness (QED) is 0.302. The zero-order chi connectivity index (χ0) is 16.1. The van der Waals surface area contributed by atoms with Crippen molar-refractivity contribution >= 4 is 40.2 Å². The molecule has 0 spiro atoms. The molecule has 1 aromatic rings. The summed E-state index contributed by atoms with van der Waals surface area (Å²) < 4.78 is 43.6. The first-order valence-corrected chi connectivity index (χ1v) is 10.4. The first kappa shape index (κ1) is 17.7. The summed E-state index contributed by atoms with van der Waals surface area (Å²) in [6.07, 6.45) is 1.04. The van der Waals surface area contributed by atoms with Crippen molar-refractivity contribution in [1.29, 1.82) is 0 Å². The van der Waals surface area contributed by atoms with Crippen LogP contribution in [0.1, 0.15) is 6.92 Å². The molecule has 0 heterocycles. The van der Waals surface area contributed by atoms with Crippen LogP contribution in [0.4, 0.5) is 5.69 Å². The second-order valence-electron chi connectivity index (χ2n) is 3.90. The molecule has 1 unspecified atom stereocenters. The van der Waals surface area contributed by atoms with Gasteiger partial charge in [0.25, 0.3) is 0 Å². The Labute approximate surface area is 124 Å². The molecule has 1 atom stereocenters. The minimum absolute atomic E-state index is 0.172. The molecule has 0 saturated heterocycles. The van der Waals surface area contributed by atoms with Crippen LogP contribution in [0.3, 0.4) is 0 Å². The molecule has 21 heavy (non-hydrogen) atoms. The molecule has 116 valence electrons. The van der Waals surface area contributed by atoms with E-state index >= 15 is 0 Å². The van der Waals surface area contributed by atoms with Crippen molar-refractivity contribution in [2.45, 2.75) is 6.92 Å². The van der Waals surface area contributed by atoms with Crippen LogP contribution in [0, 0.1) is 0 Å². The van der Waals surface area contributed by atoms with Crippen molar-refractivity contribution in [2.75, 3.05) is 11.1 Å². The second kappa shape index (κ2) is 7.06. The van der Waals surface area contributed by atoms with Crippen molar-refractivity contribution in [3.05, 3.63) is 36.9 Å². The average Bonchev–Trinajstić information content (AvgIpc) is 2.37. The van der Waals surface area contributed by atoms with Gasteiger partial charge in [-0.15, -0.1) is 0 Å². The summed E-state index contributed by atoms with van der Waals surface area (Å²) in [5, 5.41) is 11.2. The Balaban J connectivity index is 3.17. The summed E-state index contributed by atoms with van der Waals surface area (Å²) in [5.41, 5.74) is 0.253. The molecular formula is C11H14AsNO7S. The Kier molecular flexibility index (Phi) is 5.94. The molecule has 1 amide bonds. The number of hydrogen-bond acceptors (Lipinski definition) is 7. The van der Waals surface area contributed by atoms with Gasteiger partial charge in [0.15, 0.2) is 0 Å². The average molecular weight is 379 g/mol. The van der Waals surface area contributed by atoms with Gasteiger partial charge in [0.1, 0.15) is 0 Å². The molecular weight excluding hydrogens is 365 g/mol. The number of rotatable bonds is 7. The van der Waals surface area contributed by atoms with Crippen LogP contribution in [-0.2, 0) is 25.7 Å². The Hall–Kier alpha value is -1.38. The van der Waals surface area contributed by atoms with Gasteiger partial charge in [-0.1, -0.05) is 0 Å². The van der Waals surface area contributed by atoms with Crippen LogP contribution in [-0.4, -0.2) is 39.5 Å². The summed E-state index contributed by atoms with van der Waals surface area (Å²) in [6, 6.07) is 5.34. The predicted octanol–water partition coefficient (Wildman–Crippen LogP) is 0.243. The van der Waals surface area contributed by atoms with Crippen LogP contribution in [0.25, 0.3) is 0 Å². The molecule has 2 N–H and O–H groups in total. The molecule has 1 rings (SSSR count). The SMILES string of the molecule is C=CCS(=O)(=O)O[As](=O)(OO)c1cccc(NC(C)=O)c1. The van der Waals surface area contributed by atoms with Crippen molar-refractivity contribution in [3.8, 4) is 0 Å². The molecule has 0 bridgehead atoms. The third kappa shape index (κ3) is 5.14. The van der Waals surface area contributed by atoms with E-state index in [1.54, 1.807) is 0 Å². The maximum absolute atomic E-state index is 12.4. The standard InChI is InChI=1S/C11H14AsNO7S/c1-3-7-21(17,18)20-12(15,19-16)10-5-4-6-11(8-10)13-9(2)14/h3-6,8,16H,1,7H2,2H3,(H,13,14). The van der Waals surface area contributed by atoms with E-state index in [4.69, 9.17) is 5.26 Å². The van der Waals surface area contributed by atoms with Gasteiger partial charge >= 0.3 is 124 Å². The number of hydrogen-bond donors (Lipinski definition) is 2. The fraction of sp³-hybridized carbons (Fsp3) is 0.182. The van der Waals surface area contributed by atoms with Crippen LogP contribution in [0.2, 0.25) is 0 Å². The molecule has 1 aromatic carbocycles. The van der Waals surface area contributed by atoms with E-state index in [9.17, 15) is 17.0 Å². The molecule has 0 radical (unpaired) electrons. The normalized spacial score (nSPS) is 14.2. The van der Waals surface area contributed by atoms with Crippen molar-refractivity contribution in [3.63, 3.8) is 0 Å². The summed E-state index contributed by atoms with van der Waals surface area (Å²) in [6.45, 7) is 4.50. The molecule has 8 nitrogen and oxygen atoms in total. The van der Waals surface area contributed by atoms with Crippen LogP contribution < -0.4 is 9.67 Å². The summed E-state index contributed by atoms with van der Waals surface area (Å²) >= 11 is -5.23. The molecule has 10 heteroatoms. The predicted molar refractivity (Wildman–Crippen MR) is 75.6 cm³/mol. The van der Waals surface area contributed by atoms with E-state index in [1.807, 2.05) is 0 Å². The van der Waals surface area contributed by atoms with Gasteiger partial charge in [0.05, 0.1) is 0 Å². The zero-order valence-electron chi connectivity index (χ0n) is 11.1. The molecule has 0 aromatic heterocycles. The first-order valence-electron chi connectivity index (χ1n) is 5.58. The second-order valence-corrected chi connectivity index (χ2v) is 9.95. The van der Waals surface area contributed by atoms with Crippen molar-refractivity contribution in [1.82, 2.24) is 0 Å². The monoisotopic (exact) mass is 379 g/mol. The number of nitrogens with one attached hydrogen (secondary N) is 1. The van der Waals surface area contributed by atoms with Gasteiger partial charge < -0.3 is 0 Å². The fourth-order valence-electron chi connectivity index (χ4n) is 1.39. The van der Waals surface area contributed by atoms with Crippen LogP contribution >= 0.6 is 0 Å². The molecule has 0 saturated carbocycles. The van der Waals surface area contributed by atoms with E-state index in [2.05, 4.69) is 18.9 Å². The van der Waals surface area contributed by atoms with Crippen molar-refractivity contribution in [2.24, 2.45) is 0 Å². The third-order valence-electron chi connectivity index (χ3n) is 2.12. The number of amides is 1. The van der Waals surface area contributed by atoms with Crippen molar-refractivity contribution < 1.29 is 29.3 Å². The number of benzene rings is 1. The van der Waals surface area contributed by atoms with Gasteiger partial charge in [-0.25, -0.2) is 0 Å². The Morgan fingerprint density at radius 3 is 2.71 bits per heavy atom. The number of anilines is 1. The molecule has 0 aliphatic carbocycles. The van der Waals surface area contributed by atoms with Gasteiger partial charge in [-0.2, -0.15) is 0 Å². The van der Waals surface area contributed by atoms with Gasteiger partial charge in [0.2, 0.25) is 0 Å². The van der Waals surface area contributed by atoms with E-state index < -0.39 is 30.0 Å². The maximum atomic E-state index is 12.4. The van der Waals surface area contributed by atoms with E-state index in [1.165, 1.54) is 31.2 Å². The molecule has 0 fully saturated rings. The zero-order valence-corrected chi connectivity index (χ0v) is 13.7. The fourth-order valence-corrected chi connectivity index (χ4v) is 6.51. The minimum atomic E-state index is -5.23. The Morgan fingerprint density at radius 1 is 1.52 bits per heavy atom. The van der Waals surface area contributed by atoms with E-state index in [-0.39, 0.29) is 15.9 Å². The summed E-state index contributed by atoms with van der Waals surface area (Å²) in [5.74, 6) is -0.966. The van der Waals surface area contributed by atoms with Gasteiger partial charge in [-0.05, 0) is 0 Å². The van der Waals surface area contributed by atoms with E-state index in [0.717, 1.165) is 6.08 Å². The summed E-state index contributed by atoms with van der Waals surface area (Å²) in [4.78, 5) is 11.0. The first-order chi connectivity index (χ1) is 9.72. The molecule has 0 aliphatic heterocycles.